The van der Waals surface area contributed by atoms with Crippen LogP contribution in [0.2, 0.25) is 0 Å². The van der Waals surface area contributed by atoms with Crippen LogP contribution in [0.25, 0.3) is 10.7 Å². The second kappa shape index (κ2) is 7.92. The Morgan fingerprint density at radius 1 is 1.11 bits per heavy atom. The molecule has 144 valence electrons. The van der Waals surface area contributed by atoms with Crippen molar-refractivity contribution in [1.29, 1.82) is 0 Å². The van der Waals surface area contributed by atoms with Crippen molar-refractivity contribution in [1.82, 2.24) is 14.4 Å². The lowest BCUT2D eigenvalue weighted by atomic mass is 10.0. The predicted molar refractivity (Wildman–Crippen MR) is 106 cm³/mol. The van der Waals surface area contributed by atoms with E-state index in [4.69, 9.17) is 4.52 Å². The van der Waals surface area contributed by atoms with Gasteiger partial charge in [-0.1, -0.05) is 37.2 Å². The van der Waals surface area contributed by atoms with Gasteiger partial charge >= 0.3 is 0 Å². The molecule has 27 heavy (non-hydrogen) atoms. The van der Waals surface area contributed by atoms with E-state index in [2.05, 4.69) is 24.0 Å². The third-order valence-corrected chi connectivity index (χ3v) is 7.13. The maximum absolute atomic E-state index is 13.1. The van der Waals surface area contributed by atoms with Gasteiger partial charge in [0, 0.05) is 6.04 Å². The van der Waals surface area contributed by atoms with Crippen molar-refractivity contribution in [2.24, 2.45) is 0 Å². The molecular weight excluding hydrogens is 382 g/mol. The third-order valence-electron chi connectivity index (χ3n) is 4.23. The number of hydrogen-bond donors (Lipinski definition) is 0. The molecule has 3 rings (SSSR count). The molecule has 0 amide bonds. The lowest BCUT2D eigenvalue weighted by Gasteiger charge is -2.24. The highest BCUT2D eigenvalue weighted by Crippen LogP contribution is 2.25. The predicted octanol–water partition coefficient (Wildman–Crippen LogP) is 4.52. The lowest BCUT2D eigenvalue weighted by Crippen LogP contribution is -2.36. The van der Waals surface area contributed by atoms with Gasteiger partial charge in [0.2, 0.25) is 21.7 Å². The van der Waals surface area contributed by atoms with E-state index in [0.717, 1.165) is 10.4 Å². The summed E-state index contributed by atoms with van der Waals surface area (Å²) < 4.78 is 32.9. The van der Waals surface area contributed by atoms with Crippen molar-refractivity contribution in [3.63, 3.8) is 0 Å². The summed E-state index contributed by atoms with van der Waals surface area (Å²) in [5.74, 6) is 1.09. The van der Waals surface area contributed by atoms with E-state index in [1.54, 1.807) is 12.1 Å². The Bertz CT molecular complexity index is 976. The van der Waals surface area contributed by atoms with Crippen LogP contribution in [0.4, 0.5) is 0 Å². The van der Waals surface area contributed by atoms with Crippen LogP contribution in [0, 0.1) is 0 Å². The first-order valence-electron chi connectivity index (χ1n) is 8.77. The van der Waals surface area contributed by atoms with E-state index in [-0.39, 0.29) is 23.4 Å². The summed E-state index contributed by atoms with van der Waals surface area (Å²) in [5.41, 5.74) is 1.10. The summed E-state index contributed by atoms with van der Waals surface area (Å²) in [6.45, 7) is 7.84. The van der Waals surface area contributed by atoms with Crippen LogP contribution in [0.5, 0.6) is 0 Å². The van der Waals surface area contributed by atoms with Gasteiger partial charge in [-0.3, -0.25) is 0 Å². The molecule has 0 saturated heterocycles. The largest absolute Gasteiger partial charge is 0.337 e. The summed E-state index contributed by atoms with van der Waals surface area (Å²) in [6, 6.07) is 10.6. The monoisotopic (exact) mass is 405 g/mol. The van der Waals surface area contributed by atoms with Crippen LogP contribution in [-0.2, 0) is 16.6 Å². The molecule has 3 aromatic rings. The molecule has 0 fully saturated rings. The second-order valence-corrected chi connectivity index (χ2v) is 9.70. The molecule has 0 saturated carbocycles. The number of hydrogen-bond acceptors (Lipinski definition) is 6. The highest BCUT2D eigenvalue weighted by Gasteiger charge is 2.29. The van der Waals surface area contributed by atoms with Crippen molar-refractivity contribution in [2.75, 3.05) is 0 Å². The van der Waals surface area contributed by atoms with Gasteiger partial charge in [-0.2, -0.15) is 9.29 Å². The van der Waals surface area contributed by atoms with Crippen LogP contribution < -0.4 is 0 Å². The van der Waals surface area contributed by atoms with E-state index >= 15 is 0 Å². The SMILES string of the molecule is CC(C)c1ccc(S(=O)(=O)N(Cc2nc(-c3cccs3)no2)C(C)C)cc1. The van der Waals surface area contributed by atoms with Gasteiger partial charge in [-0.15, -0.1) is 11.3 Å². The van der Waals surface area contributed by atoms with E-state index in [0.29, 0.717) is 11.7 Å². The first-order valence-corrected chi connectivity index (χ1v) is 11.1. The zero-order valence-corrected chi connectivity index (χ0v) is 17.4. The molecular formula is C19H23N3O3S2. The third kappa shape index (κ3) is 4.28. The average molecular weight is 406 g/mol. The van der Waals surface area contributed by atoms with Crippen LogP contribution in [-0.4, -0.2) is 28.9 Å². The molecule has 0 bridgehead atoms. The van der Waals surface area contributed by atoms with E-state index in [9.17, 15) is 8.42 Å². The molecule has 1 aromatic carbocycles. The van der Waals surface area contributed by atoms with Gasteiger partial charge in [0.25, 0.3) is 0 Å². The molecule has 8 heteroatoms. The summed E-state index contributed by atoms with van der Waals surface area (Å²) in [5, 5.41) is 5.89. The maximum atomic E-state index is 13.1. The fourth-order valence-corrected chi connectivity index (χ4v) is 4.90. The van der Waals surface area contributed by atoms with Crippen LogP contribution in [0.1, 0.15) is 45.1 Å². The number of aromatic nitrogens is 2. The van der Waals surface area contributed by atoms with Crippen molar-refractivity contribution in [2.45, 2.75) is 51.1 Å². The maximum Gasteiger partial charge on any atom is 0.243 e. The van der Waals surface area contributed by atoms with Crippen molar-refractivity contribution in [3.05, 3.63) is 53.2 Å². The van der Waals surface area contributed by atoms with E-state index < -0.39 is 10.0 Å². The van der Waals surface area contributed by atoms with Crippen LogP contribution in [0.3, 0.4) is 0 Å². The highest BCUT2D eigenvalue weighted by atomic mass is 32.2. The normalized spacial score (nSPS) is 12.4. The molecule has 0 aliphatic rings. The van der Waals surface area contributed by atoms with E-state index in [1.807, 2.05) is 43.5 Å². The molecule has 0 aliphatic heterocycles. The Morgan fingerprint density at radius 2 is 1.81 bits per heavy atom. The lowest BCUT2D eigenvalue weighted by molar-refractivity contribution is 0.286. The zero-order chi connectivity index (χ0) is 19.6. The number of rotatable bonds is 7. The fourth-order valence-electron chi connectivity index (χ4n) is 2.66. The first kappa shape index (κ1) is 19.7. The number of sulfonamides is 1. The Labute approximate surface area is 163 Å². The highest BCUT2D eigenvalue weighted by molar-refractivity contribution is 7.89. The zero-order valence-electron chi connectivity index (χ0n) is 15.8. The minimum Gasteiger partial charge on any atom is -0.337 e. The molecule has 0 radical (unpaired) electrons. The summed E-state index contributed by atoms with van der Waals surface area (Å²) >= 11 is 1.50. The topological polar surface area (TPSA) is 76.3 Å². The number of nitrogens with zero attached hydrogens (tertiary/aromatic N) is 3. The second-order valence-electron chi connectivity index (χ2n) is 6.86. The number of benzene rings is 1. The molecule has 2 heterocycles. The molecule has 2 aromatic heterocycles. The summed E-state index contributed by atoms with van der Waals surface area (Å²) in [4.78, 5) is 5.49. The smallest absolute Gasteiger partial charge is 0.243 e. The summed E-state index contributed by atoms with van der Waals surface area (Å²) in [6.07, 6.45) is 0. The Kier molecular flexibility index (Phi) is 5.78. The Hall–Kier alpha value is -2.03. The van der Waals surface area contributed by atoms with Gasteiger partial charge < -0.3 is 4.52 Å². The average Bonchev–Trinajstić information content (AvgIpc) is 3.30. The van der Waals surface area contributed by atoms with E-state index in [1.165, 1.54) is 15.6 Å². The molecule has 0 atom stereocenters. The first-order chi connectivity index (χ1) is 12.8. The van der Waals surface area contributed by atoms with Crippen molar-refractivity contribution >= 4 is 21.4 Å². The van der Waals surface area contributed by atoms with Crippen LogP contribution in [0.15, 0.2) is 51.2 Å². The molecule has 0 aliphatic carbocycles. The van der Waals surface area contributed by atoms with Gasteiger partial charge in [0.15, 0.2) is 0 Å². The fraction of sp³-hybridized carbons (Fsp3) is 0.368. The molecule has 0 N–H and O–H groups in total. The number of thiophene rings is 1. The molecule has 6 nitrogen and oxygen atoms in total. The Balaban J connectivity index is 1.86. The standard InChI is InChI=1S/C19H23N3O3S2/c1-13(2)15-7-9-16(10-8-15)27(23,24)22(14(3)4)12-18-20-19(21-25-18)17-6-5-11-26-17/h5-11,13-14H,12H2,1-4H3. The van der Waals surface area contributed by atoms with Crippen molar-refractivity contribution in [3.8, 4) is 10.7 Å². The minimum atomic E-state index is -3.68. The van der Waals surface area contributed by atoms with Gasteiger partial charge in [0.1, 0.15) is 0 Å². The molecule has 0 spiro atoms. The van der Waals surface area contributed by atoms with Crippen molar-refractivity contribution < 1.29 is 12.9 Å². The quantitative estimate of drug-likeness (QED) is 0.577. The Morgan fingerprint density at radius 3 is 2.37 bits per heavy atom. The van der Waals surface area contributed by atoms with Crippen LogP contribution >= 0.6 is 11.3 Å². The summed E-state index contributed by atoms with van der Waals surface area (Å²) in [7, 11) is -3.68. The van der Waals surface area contributed by atoms with Gasteiger partial charge in [-0.05, 0) is 48.9 Å². The molecule has 0 unspecified atom stereocenters. The van der Waals surface area contributed by atoms with Gasteiger partial charge in [-0.25, -0.2) is 8.42 Å². The minimum absolute atomic E-state index is 0.0321. The van der Waals surface area contributed by atoms with Gasteiger partial charge in [0.05, 0.1) is 16.3 Å².